The maximum absolute atomic E-state index is 11.5. The Morgan fingerprint density at radius 3 is 3.00 bits per heavy atom. The topological polar surface area (TPSA) is 38.8 Å². The normalized spacial score (nSPS) is 26.2. The number of ether oxygens (including phenoxy) is 2. The first-order valence-corrected chi connectivity index (χ1v) is 6.43. The van der Waals surface area contributed by atoms with E-state index in [-0.39, 0.29) is 18.2 Å². The number of cyclic esters (lactones) is 1. The highest BCUT2D eigenvalue weighted by Crippen LogP contribution is 2.29. The van der Waals surface area contributed by atoms with E-state index in [0.29, 0.717) is 13.2 Å². The third kappa shape index (κ3) is 2.20. The highest BCUT2D eigenvalue weighted by molar-refractivity contribution is 5.71. The van der Waals surface area contributed by atoms with E-state index in [2.05, 4.69) is 0 Å². The second kappa shape index (κ2) is 4.98. The average Bonchev–Trinajstić information content (AvgIpc) is 2.97. The van der Waals surface area contributed by atoms with Crippen molar-refractivity contribution in [2.24, 2.45) is 0 Å². The van der Waals surface area contributed by atoms with Gasteiger partial charge in [0.15, 0.2) is 0 Å². The summed E-state index contributed by atoms with van der Waals surface area (Å²) in [6.45, 7) is 1.89. The van der Waals surface area contributed by atoms with E-state index in [1.165, 1.54) is 0 Å². The molecule has 0 saturated carbocycles. The third-order valence-corrected chi connectivity index (χ3v) is 3.61. The van der Waals surface area contributed by atoms with E-state index >= 15 is 0 Å². The maximum Gasteiger partial charge on any atom is 0.410 e. The maximum atomic E-state index is 11.5. The van der Waals surface area contributed by atoms with Crippen molar-refractivity contribution in [2.75, 3.05) is 13.2 Å². The smallest absolute Gasteiger partial charge is 0.410 e. The molecule has 0 N–H and O–H groups in total. The molecule has 1 aromatic carbocycles. The van der Waals surface area contributed by atoms with Gasteiger partial charge in [0.2, 0.25) is 0 Å². The van der Waals surface area contributed by atoms with Gasteiger partial charge in [-0.2, -0.15) is 0 Å². The summed E-state index contributed by atoms with van der Waals surface area (Å²) in [6, 6.07) is 10.3. The molecular weight excluding hydrogens is 230 g/mol. The standard InChI is InChI=1S/C14H17NO3/c16-14-15-8-4-7-12(15)13(18-14)10-17-9-11-5-2-1-3-6-11/h1-3,5-6,12-13H,4,7-10H2. The summed E-state index contributed by atoms with van der Waals surface area (Å²) in [7, 11) is 0. The number of hydrogen-bond donors (Lipinski definition) is 0. The quantitative estimate of drug-likeness (QED) is 0.818. The van der Waals surface area contributed by atoms with E-state index in [9.17, 15) is 4.79 Å². The second-order valence-corrected chi connectivity index (χ2v) is 4.83. The summed E-state index contributed by atoms with van der Waals surface area (Å²) >= 11 is 0. The summed E-state index contributed by atoms with van der Waals surface area (Å²) in [5.74, 6) is 0. The first-order valence-electron chi connectivity index (χ1n) is 6.43. The number of carbonyl (C=O) groups excluding carboxylic acids is 1. The fraction of sp³-hybridized carbons (Fsp3) is 0.500. The predicted octanol–water partition coefficient (Wildman–Crippen LogP) is 2.19. The summed E-state index contributed by atoms with van der Waals surface area (Å²) in [6.07, 6.45) is 1.84. The minimum atomic E-state index is -0.175. The number of nitrogens with zero attached hydrogens (tertiary/aromatic N) is 1. The van der Waals surface area contributed by atoms with Gasteiger partial charge in [-0.3, -0.25) is 0 Å². The van der Waals surface area contributed by atoms with Gasteiger partial charge >= 0.3 is 6.09 Å². The van der Waals surface area contributed by atoms with Gasteiger partial charge in [-0.05, 0) is 18.4 Å². The van der Waals surface area contributed by atoms with E-state index < -0.39 is 0 Å². The average molecular weight is 247 g/mol. The molecule has 2 saturated heterocycles. The molecule has 2 aliphatic heterocycles. The van der Waals surface area contributed by atoms with Crippen LogP contribution in [0.5, 0.6) is 0 Å². The molecule has 1 amide bonds. The lowest BCUT2D eigenvalue weighted by Gasteiger charge is -2.16. The molecule has 2 unspecified atom stereocenters. The van der Waals surface area contributed by atoms with E-state index in [4.69, 9.17) is 9.47 Å². The van der Waals surface area contributed by atoms with Crippen molar-refractivity contribution in [3.8, 4) is 0 Å². The van der Waals surface area contributed by atoms with E-state index in [1.807, 2.05) is 35.2 Å². The number of carbonyl (C=O) groups is 1. The van der Waals surface area contributed by atoms with Crippen molar-refractivity contribution in [3.05, 3.63) is 35.9 Å². The monoisotopic (exact) mass is 247 g/mol. The molecule has 2 aliphatic rings. The molecule has 4 nitrogen and oxygen atoms in total. The SMILES string of the molecule is O=C1OC(COCc2ccccc2)C2CCCN12. The minimum absolute atomic E-state index is 0.0938. The summed E-state index contributed by atoms with van der Waals surface area (Å²) < 4.78 is 11.0. The molecule has 18 heavy (non-hydrogen) atoms. The van der Waals surface area contributed by atoms with Gasteiger partial charge in [0.1, 0.15) is 6.10 Å². The van der Waals surface area contributed by atoms with Crippen LogP contribution in [0.1, 0.15) is 18.4 Å². The largest absolute Gasteiger partial charge is 0.441 e. The first-order chi connectivity index (χ1) is 8.84. The van der Waals surface area contributed by atoms with Crippen LogP contribution >= 0.6 is 0 Å². The Kier molecular flexibility index (Phi) is 3.19. The van der Waals surface area contributed by atoms with Crippen LogP contribution in [0.2, 0.25) is 0 Å². The molecule has 0 aromatic heterocycles. The van der Waals surface area contributed by atoms with Gasteiger partial charge in [-0.15, -0.1) is 0 Å². The van der Waals surface area contributed by atoms with Gasteiger partial charge < -0.3 is 14.4 Å². The zero-order valence-corrected chi connectivity index (χ0v) is 10.2. The Balaban J connectivity index is 1.50. The van der Waals surface area contributed by atoms with Gasteiger partial charge in [-0.25, -0.2) is 4.79 Å². The first kappa shape index (κ1) is 11.5. The lowest BCUT2D eigenvalue weighted by atomic mass is 10.1. The fourth-order valence-corrected chi connectivity index (χ4v) is 2.69. The van der Waals surface area contributed by atoms with Crippen molar-refractivity contribution >= 4 is 6.09 Å². The molecule has 0 bridgehead atoms. The van der Waals surface area contributed by atoms with Crippen molar-refractivity contribution in [1.82, 2.24) is 4.90 Å². The Bertz CT molecular complexity index is 420. The molecule has 3 rings (SSSR count). The third-order valence-electron chi connectivity index (χ3n) is 3.61. The van der Waals surface area contributed by atoms with Crippen LogP contribution in [0.4, 0.5) is 4.79 Å². The lowest BCUT2D eigenvalue weighted by molar-refractivity contribution is 0.0266. The Morgan fingerprint density at radius 1 is 1.33 bits per heavy atom. The number of hydrogen-bond acceptors (Lipinski definition) is 3. The molecule has 1 aromatic rings. The van der Waals surface area contributed by atoms with Crippen LogP contribution in [0, 0.1) is 0 Å². The Labute approximate surface area is 106 Å². The van der Waals surface area contributed by atoms with Gasteiger partial charge in [0.05, 0.1) is 19.3 Å². The Morgan fingerprint density at radius 2 is 2.17 bits per heavy atom. The number of amides is 1. The Hall–Kier alpha value is -1.55. The highest BCUT2D eigenvalue weighted by atomic mass is 16.6. The fourth-order valence-electron chi connectivity index (χ4n) is 2.69. The van der Waals surface area contributed by atoms with Crippen LogP contribution < -0.4 is 0 Å². The van der Waals surface area contributed by atoms with Gasteiger partial charge in [0.25, 0.3) is 0 Å². The molecule has 0 spiro atoms. The molecule has 2 heterocycles. The molecule has 2 atom stereocenters. The van der Waals surface area contributed by atoms with Crippen LogP contribution in [-0.2, 0) is 16.1 Å². The second-order valence-electron chi connectivity index (χ2n) is 4.83. The van der Waals surface area contributed by atoms with Crippen LogP contribution in [0.25, 0.3) is 0 Å². The molecule has 2 fully saturated rings. The van der Waals surface area contributed by atoms with Crippen LogP contribution in [0.15, 0.2) is 30.3 Å². The summed E-state index contributed by atoms with van der Waals surface area (Å²) in [5, 5.41) is 0. The van der Waals surface area contributed by atoms with Crippen LogP contribution in [0.3, 0.4) is 0 Å². The van der Waals surface area contributed by atoms with Gasteiger partial charge in [0, 0.05) is 6.54 Å². The zero-order chi connectivity index (χ0) is 12.4. The number of benzene rings is 1. The van der Waals surface area contributed by atoms with E-state index in [1.54, 1.807) is 0 Å². The molecule has 0 radical (unpaired) electrons. The molecule has 0 aliphatic carbocycles. The van der Waals surface area contributed by atoms with Crippen molar-refractivity contribution in [3.63, 3.8) is 0 Å². The van der Waals surface area contributed by atoms with E-state index in [0.717, 1.165) is 24.9 Å². The minimum Gasteiger partial charge on any atom is -0.441 e. The highest BCUT2D eigenvalue weighted by Gasteiger charge is 2.44. The number of fused-ring (bicyclic) bond motifs is 1. The summed E-state index contributed by atoms with van der Waals surface area (Å²) in [4.78, 5) is 13.4. The van der Waals surface area contributed by atoms with Crippen molar-refractivity contribution in [1.29, 1.82) is 0 Å². The predicted molar refractivity (Wildman–Crippen MR) is 66.1 cm³/mol. The number of rotatable bonds is 4. The molecule has 96 valence electrons. The van der Waals surface area contributed by atoms with Crippen molar-refractivity contribution < 1.29 is 14.3 Å². The zero-order valence-electron chi connectivity index (χ0n) is 10.2. The summed E-state index contributed by atoms with van der Waals surface area (Å²) in [5.41, 5.74) is 1.14. The molecular formula is C14H17NO3. The van der Waals surface area contributed by atoms with Gasteiger partial charge in [-0.1, -0.05) is 30.3 Å². The van der Waals surface area contributed by atoms with Crippen molar-refractivity contribution in [2.45, 2.75) is 31.6 Å². The molecule has 4 heteroatoms. The van der Waals surface area contributed by atoms with Crippen LogP contribution in [-0.4, -0.2) is 36.3 Å². The lowest BCUT2D eigenvalue weighted by Crippen LogP contribution is -2.32.